The number of fused-ring (bicyclic) bond motifs is 1. The minimum Gasteiger partial charge on any atom is -0.326 e. The highest BCUT2D eigenvalue weighted by Crippen LogP contribution is 2.33. The molecule has 0 aliphatic rings. The molecule has 0 aliphatic heterocycles. The maximum atomic E-state index is 12.7. The van der Waals surface area contributed by atoms with Gasteiger partial charge in [0.25, 0.3) is 5.56 Å². The van der Waals surface area contributed by atoms with Gasteiger partial charge in [-0.15, -0.1) is 0 Å². The first-order chi connectivity index (χ1) is 7.39. The Balaban J connectivity index is 2.93. The van der Waals surface area contributed by atoms with Gasteiger partial charge in [0.15, 0.2) is 0 Å². The molecule has 0 unspecified atom stereocenters. The third-order valence-electron chi connectivity index (χ3n) is 2.33. The van der Waals surface area contributed by atoms with Crippen LogP contribution >= 0.6 is 0 Å². The van der Waals surface area contributed by atoms with E-state index in [-0.39, 0.29) is 10.8 Å². The van der Waals surface area contributed by atoms with Crippen molar-refractivity contribution in [1.29, 1.82) is 0 Å². The number of halogens is 3. The van der Waals surface area contributed by atoms with Crippen molar-refractivity contribution in [3.63, 3.8) is 0 Å². The van der Waals surface area contributed by atoms with Crippen molar-refractivity contribution in [3.8, 4) is 0 Å². The van der Waals surface area contributed by atoms with Gasteiger partial charge in [0.2, 0.25) is 0 Å². The van der Waals surface area contributed by atoms with Crippen LogP contribution in [0.2, 0.25) is 0 Å². The minimum atomic E-state index is -4.44. The van der Waals surface area contributed by atoms with Gasteiger partial charge in [-0.1, -0.05) is 6.07 Å². The quantitative estimate of drug-likeness (QED) is 0.737. The summed E-state index contributed by atoms with van der Waals surface area (Å²) in [6, 6.07) is 4.92. The van der Waals surface area contributed by atoms with Crippen LogP contribution in [0.25, 0.3) is 10.8 Å². The predicted octanol–water partition coefficient (Wildman–Crippen LogP) is 2.86. The standard InChI is InChI=1S/C11H8F3NO/c1-6-5-8-7(10(16)15-6)3-2-4-9(8)11(12,13)14/h2-5H,1H3,(H,15,16). The second-order valence-electron chi connectivity index (χ2n) is 3.55. The van der Waals surface area contributed by atoms with Crippen LogP contribution in [0.5, 0.6) is 0 Å². The van der Waals surface area contributed by atoms with Gasteiger partial charge in [0, 0.05) is 16.5 Å². The monoisotopic (exact) mass is 227 g/mol. The number of hydrogen-bond acceptors (Lipinski definition) is 1. The molecule has 0 fully saturated rings. The Morgan fingerprint density at radius 1 is 1.19 bits per heavy atom. The molecule has 0 bridgehead atoms. The maximum absolute atomic E-state index is 12.7. The summed E-state index contributed by atoms with van der Waals surface area (Å²) in [6.45, 7) is 1.55. The highest BCUT2D eigenvalue weighted by molar-refractivity contribution is 5.85. The number of aryl methyl sites for hydroxylation is 1. The second-order valence-corrected chi connectivity index (χ2v) is 3.55. The summed E-state index contributed by atoms with van der Waals surface area (Å²) < 4.78 is 38.0. The third-order valence-corrected chi connectivity index (χ3v) is 2.33. The summed E-state index contributed by atoms with van der Waals surface area (Å²) in [4.78, 5) is 13.9. The van der Waals surface area contributed by atoms with Gasteiger partial charge in [-0.25, -0.2) is 0 Å². The minimum absolute atomic E-state index is 0.0559. The van der Waals surface area contributed by atoms with E-state index < -0.39 is 17.3 Å². The first-order valence-corrected chi connectivity index (χ1v) is 4.59. The van der Waals surface area contributed by atoms with Crippen molar-refractivity contribution in [1.82, 2.24) is 4.98 Å². The number of nitrogens with one attached hydrogen (secondary N) is 1. The molecule has 2 nitrogen and oxygen atoms in total. The number of benzene rings is 1. The molecule has 84 valence electrons. The number of pyridine rings is 1. The highest BCUT2D eigenvalue weighted by Gasteiger charge is 2.32. The van der Waals surface area contributed by atoms with Crippen molar-refractivity contribution in [3.05, 3.63) is 45.9 Å². The lowest BCUT2D eigenvalue weighted by Gasteiger charge is -2.10. The topological polar surface area (TPSA) is 32.9 Å². The molecule has 1 aromatic carbocycles. The number of rotatable bonds is 0. The van der Waals surface area contributed by atoms with Crippen LogP contribution in [0, 0.1) is 6.92 Å². The van der Waals surface area contributed by atoms with E-state index in [1.165, 1.54) is 18.2 Å². The third kappa shape index (κ3) is 1.68. The van der Waals surface area contributed by atoms with E-state index in [1.54, 1.807) is 6.92 Å². The van der Waals surface area contributed by atoms with Crippen molar-refractivity contribution in [2.75, 3.05) is 0 Å². The van der Waals surface area contributed by atoms with Gasteiger partial charge >= 0.3 is 6.18 Å². The molecule has 0 spiro atoms. The van der Waals surface area contributed by atoms with Gasteiger partial charge in [-0.05, 0) is 25.1 Å². The second kappa shape index (κ2) is 3.37. The largest absolute Gasteiger partial charge is 0.417 e. The summed E-state index contributed by atoms with van der Waals surface area (Å²) in [5, 5.41) is -0.00308. The van der Waals surface area contributed by atoms with E-state index in [9.17, 15) is 18.0 Å². The van der Waals surface area contributed by atoms with Gasteiger partial charge < -0.3 is 4.98 Å². The Morgan fingerprint density at radius 2 is 1.88 bits per heavy atom. The molecule has 0 saturated heterocycles. The van der Waals surface area contributed by atoms with Crippen LogP contribution in [0.15, 0.2) is 29.1 Å². The Morgan fingerprint density at radius 3 is 2.50 bits per heavy atom. The van der Waals surface area contributed by atoms with Crippen molar-refractivity contribution < 1.29 is 13.2 Å². The van der Waals surface area contributed by atoms with Crippen LogP contribution in [-0.4, -0.2) is 4.98 Å². The Labute approximate surface area is 88.7 Å². The fourth-order valence-electron chi connectivity index (χ4n) is 1.66. The molecular formula is C11H8F3NO. The lowest BCUT2D eigenvalue weighted by molar-refractivity contribution is -0.136. The summed E-state index contributed by atoms with van der Waals surface area (Å²) in [5.74, 6) is 0. The molecule has 2 aromatic rings. The predicted molar refractivity (Wildman–Crippen MR) is 54.3 cm³/mol. The van der Waals surface area contributed by atoms with Crippen molar-refractivity contribution in [2.45, 2.75) is 13.1 Å². The zero-order valence-electron chi connectivity index (χ0n) is 8.35. The number of alkyl halides is 3. The highest BCUT2D eigenvalue weighted by atomic mass is 19.4. The lowest BCUT2D eigenvalue weighted by Crippen LogP contribution is -2.12. The smallest absolute Gasteiger partial charge is 0.326 e. The van der Waals surface area contributed by atoms with Gasteiger partial charge in [-0.2, -0.15) is 13.2 Å². The van der Waals surface area contributed by atoms with Gasteiger partial charge in [0.1, 0.15) is 0 Å². The molecule has 1 aromatic heterocycles. The van der Waals surface area contributed by atoms with Gasteiger partial charge in [0.05, 0.1) is 5.56 Å². The SMILES string of the molecule is Cc1cc2c(C(F)(F)F)cccc2c(=O)[nH]1. The van der Waals surface area contributed by atoms with Crippen LogP contribution in [0.4, 0.5) is 13.2 Å². The van der Waals surface area contributed by atoms with Crippen molar-refractivity contribution in [2.24, 2.45) is 0 Å². The average Bonchev–Trinajstić information content (AvgIpc) is 2.15. The number of H-pyrrole nitrogens is 1. The Bertz CT molecular complexity index is 598. The zero-order chi connectivity index (χ0) is 11.9. The van der Waals surface area contributed by atoms with E-state index in [2.05, 4.69) is 4.98 Å². The van der Waals surface area contributed by atoms with Crippen LogP contribution < -0.4 is 5.56 Å². The zero-order valence-corrected chi connectivity index (χ0v) is 8.35. The van der Waals surface area contributed by atoms with Crippen LogP contribution in [-0.2, 0) is 6.18 Å². The fraction of sp³-hybridized carbons (Fsp3) is 0.182. The molecule has 0 saturated carbocycles. The summed E-state index contributed by atoms with van der Waals surface area (Å²) >= 11 is 0. The average molecular weight is 227 g/mol. The first kappa shape index (κ1) is 10.7. The van der Waals surface area contributed by atoms with E-state index in [0.29, 0.717) is 5.69 Å². The lowest BCUT2D eigenvalue weighted by atomic mass is 10.1. The maximum Gasteiger partial charge on any atom is 0.417 e. The van der Waals surface area contributed by atoms with E-state index >= 15 is 0 Å². The molecule has 0 radical (unpaired) electrons. The normalized spacial score (nSPS) is 12.0. The molecule has 1 N–H and O–H groups in total. The summed E-state index contributed by atoms with van der Waals surface area (Å²) in [7, 11) is 0. The van der Waals surface area contributed by atoms with Crippen LogP contribution in [0.3, 0.4) is 0 Å². The number of aromatic amines is 1. The molecule has 5 heteroatoms. The van der Waals surface area contributed by atoms with E-state index in [1.807, 2.05) is 0 Å². The Kier molecular flexibility index (Phi) is 2.26. The molecule has 2 rings (SSSR count). The number of hydrogen-bond donors (Lipinski definition) is 1. The van der Waals surface area contributed by atoms with Gasteiger partial charge in [-0.3, -0.25) is 4.79 Å². The summed E-state index contributed by atoms with van der Waals surface area (Å²) in [5.41, 5.74) is -0.866. The summed E-state index contributed by atoms with van der Waals surface area (Å²) in [6.07, 6.45) is -4.44. The number of aromatic nitrogens is 1. The van der Waals surface area contributed by atoms with E-state index in [4.69, 9.17) is 0 Å². The van der Waals surface area contributed by atoms with Crippen molar-refractivity contribution >= 4 is 10.8 Å². The van der Waals surface area contributed by atoms with E-state index in [0.717, 1.165) is 6.07 Å². The Hall–Kier alpha value is -1.78. The fourth-order valence-corrected chi connectivity index (χ4v) is 1.66. The van der Waals surface area contributed by atoms with Crippen LogP contribution in [0.1, 0.15) is 11.3 Å². The first-order valence-electron chi connectivity index (χ1n) is 4.59. The molecule has 0 aliphatic carbocycles. The molecule has 0 amide bonds. The molecule has 16 heavy (non-hydrogen) atoms. The molecule has 1 heterocycles. The molecule has 0 atom stereocenters. The molecular weight excluding hydrogens is 219 g/mol.